The molecular weight excluding hydrogens is 314 g/mol. The molecule has 0 spiro atoms. The SMILES string of the molecule is CC(NCC(=O)Nc1ccncc1)c1nc2ccccc2n1C(C)C. The van der Waals surface area contributed by atoms with Gasteiger partial charge in [0, 0.05) is 24.1 Å². The highest BCUT2D eigenvalue weighted by atomic mass is 16.1. The Bertz CT molecular complexity index is 857. The number of amides is 1. The van der Waals surface area contributed by atoms with E-state index in [1.165, 1.54) is 0 Å². The molecule has 0 aliphatic rings. The highest BCUT2D eigenvalue weighted by molar-refractivity contribution is 5.92. The minimum atomic E-state index is -0.0924. The zero-order chi connectivity index (χ0) is 17.8. The lowest BCUT2D eigenvalue weighted by Gasteiger charge is -2.18. The van der Waals surface area contributed by atoms with Gasteiger partial charge in [-0.25, -0.2) is 4.98 Å². The first-order chi connectivity index (χ1) is 12.1. The predicted octanol–water partition coefficient (Wildman–Crippen LogP) is 3.30. The van der Waals surface area contributed by atoms with E-state index in [1.807, 2.05) is 25.1 Å². The highest BCUT2D eigenvalue weighted by Gasteiger charge is 2.18. The first kappa shape index (κ1) is 17.1. The van der Waals surface area contributed by atoms with Gasteiger partial charge in [0.05, 0.1) is 23.6 Å². The van der Waals surface area contributed by atoms with E-state index in [2.05, 4.69) is 40.1 Å². The molecule has 0 saturated carbocycles. The largest absolute Gasteiger partial charge is 0.325 e. The number of nitrogens with zero attached hydrogens (tertiary/aromatic N) is 3. The molecule has 2 aromatic heterocycles. The first-order valence-electron chi connectivity index (χ1n) is 8.46. The number of imidazole rings is 1. The molecule has 0 fully saturated rings. The van der Waals surface area contributed by atoms with E-state index >= 15 is 0 Å². The van der Waals surface area contributed by atoms with E-state index in [0.29, 0.717) is 0 Å². The van der Waals surface area contributed by atoms with Crippen molar-refractivity contribution >= 4 is 22.6 Å². The Kier molecular flexibility index (Phi) is 5.09. The summed E-state index contributed by atoms with van der Waals surface area (Å²) in [6.07, 6.45) is 3.30. The van der Waals surface area contributed by atoms with E-state index in [0.717, 1.165) is 22.5 Å². The summed E-state index contributed by atoms with van der Waals surface area (Å²) in [7, 11) is 0. The number of fused-ring (bicyclic) bond motifs is 1. The molecule has 1 amide bonds. The number of anilines is 1. The number of aromatic nitrogens is 3. The van der Waals surface area contributed by atoms with Crippen LogP contribution in [0.3, 0.4) is 0 Å². The van der Waals surface area contributed by atoms with E-state index in [1.54, 1.807) is 24.5 Å². The van der Waals surface area contributed by atoms with Gasteiger partial charge in [-0.15, -0.1) is 0 Å². The van der Waals surface area contributed by atoms with Gasteiger partial charge in [-0.3, -0.25) is 15.1 Å². The van der Waals surface area contributed by atoms with E-state index < -0.39 is 0 Å². The maximum Gasteiger partial charge on any atom is 0.238 e. The zero-order valence-corrected chi connectivity index (χ0v) is 14.7. The fourth-order valence-corrected chi connectivity index (χ4v) is 2.89. The summed E-state index contributed by atoms with van der Waals surface area (Å²) >= 11 is 0. The van der Waals surface area contributed by atoms with E-state index in [-0.39, 0.29) is 24.5 Å². The lowest BCUT2D eigenvalue weighted by atomic mass is 10.2. The van der Waals surface area contributed by atoms with Gasteiger partial charge in [0.2, 0.25) is 5.91 Å². The molecule has 6 heteroatoms. The average Bonchev–Trinajstić information content (AvgIpc) is 3.00. The molecule has 0 bridgehead atoms. The molecule has 2 N–H and O–H groups in total. The van der Waals surface area contributed by atoms with Crippen LogP contribution >= 0.6 is 0 Å². The third-order valence-corrected chi connectivity index (χ3v) is 4.06. The smallest absolute Gasteiger partial charge is 0.238 e. The zero-order valence-electron chi connectivity index (χ0n) is 14.7. The molecule has 1 unspecified atom stereocenters. The van der Waals surface area contributed by atoms with Gasteiger partial charge >= 0.3 is 0 Å². The second-order valence-electron chi connectivity index (χ2n) is 6.31. The van der Waals surface area contributed by atoms with Crippen LogP contribution in [0.1, 0.15) is 38.7 Å². The highest BCUT2D eigenvalue weighted by Crippen LogP contribution is 2.24. The lowest BCUT2D eigenvalue weighted by Crippen LogP contribution is -2.31. The molecule has 1 atom stereocenters. The minimum Gasteiger partial charge on any atom is -0.325 e. The summed E-state index contributed by atoms with van der Waals surface area (Å²) in [6.45, 7) is 6.52. The number of benzene rings is 1. The maximum atomic E-state index is 12.1. The quantitative estimate of drug-likeness (QED) is 0.724. The molecule has 6 nitrogen and oxygen atoms in total. The maximum absolute atomic E-state index is 12.1. The average molecular weight is 337 g/mol. The van der Waals surface area contributed by atoms with Crippen LogP contribution in [-0.4, -0.2) is 27.0 Å². The van der Waals surface area contributed by atoms with Crippen LogP contribution in [0.25, 0.3) is 11.0 Å². The molecule has 0 aliphatic heterocycles. The molecule has 0 radical (unpaired) electrons. The standard InChI is InChI=1S/C19H23N5O/c1-13(2)24-17-7-5-4-6-16(17)23-19(24)14(3)21-12-18(25)22-15-8-10-20-11-9-15/h4-11,13-14,21H,12H2,1-3H3,(H,20,22,25). The Labute approximate surface area is 147 Å². The number of rotatable bonds is 6. The van der Waals surface area contributed by atoms with Crippen LogP contribution < -0.4 is 10.6 Å². The fraction of sp³-hybridized carbons (Fsp3) is 0.316. The molecule has 0 saturated heterocycles. The van der Waals surface area contributed by atoms with Crippen molar-refractivity contribution in [3.8, 4) is 0 Å². The number of pyridine rings is 1. The number of hydrogen-bond donors (Lipinski definition) is 2. The molecule has 25 heavy (non-hydrogen) atoms. The van der Waals surface area contributed by atoms with Gasteiger partial charge < -0.3 is 9.88 Å². The number of carbonyl (C=O) groups excluding carboxylic acids is 1. The minimum absolute atomic E-state index is 0.0435. The van der Waals surface area contributed by atoms with E-state index in [9.17, 15) is 4.79 Å². The molecule has 0 aliphatic carbocycles. The van der Waals surface area contributed by atoms with Crippen LogP contribution in [0.4, 0.5) is 5.69 Å². The molecule has 1 aromatic carbocycles. The van der Waals surface area contributed by atoms with Crippen LogP contribution in [-0.2, 0) is 4.79 Å². The van der Waals surface area contributed by atoms with Crippen LogP contribution in [0.15, 0.2) is 48.8 Å². The van der Waals surface area contributed by atoms with Gasteiger partial charge in [0.15, 0.2) is 0 Å². The summed E-state index contributed by atoms with van der Waals surface area (Å²) in [6, 6.07) is 11.9. The Hall–Kier alpha value is -2.73. The molecule has 2 heterocycles. The van der Waals surface area contributed by atoms with Crippen molar-refractivity contribution in [2.45, 2.75) is 32.9 Å². The van der Waals surface area contributed by atoms with Crippen molar-refractivity contribution in [1.29, 1.82) is 0 Å². The van der Waals surface area contributed by atoms with Crippen molar-refractivity contribution in [1.82, 2.24) is 19.9 Å². The molecule has 3 rings (SSSR count). The first-order valence-corrected chi connectivity index (χ1v) is 8.46. The predicted molar refractivity (Wildman–Crippen MR) is 99.4 cm³/mol. The number of nitrogens with one attached hydrogen (secondary N) is 2. The van der Waals surface area contributed by atoms with Gasteiger partial charge in [-0.2, -0.15) is 0 Å². The van der Waals surface area contributed by atoms with E-state index in [4.69, 9.17) is 4.98 Å². The number of carbonyl (C=O) groups is 1. The topological polar surface area (TPSA) is 71.8 Å². The monoisotopic (exact) mass is 337 g/mol. The summed E-state index contributed by atoms with van der Waals surface area (Å²) in [4.78, 5) is 20.8. The second kappa shape index (κ2) is 7.44. The summed E-state index contributed by atoms with van der Waals surface area (Å²) in [5, 5.41) is 6.11. The third kappa shape index (κ3) is 3.85. The Morgan fingerprint density at radius 3 is 2.56 bits per heavy atom. The van der Waals surface area contributed by atoms with Gasteiger partial charge in [-0.05, 0) is 45.0 Å². The second-order valence-corrected chi connectivity index (χ2v) is 6.31. The normalized spacial score (nSPS) is 12.5. The van der Waals surface area contributed by atoms with Crippen molar-refractivity contribution in [3.05, 3.63) is 54.6 Å². The van der Waals surface area contributed by atoms with Crippen molar-refractivity contribution < 1.29 is 4.79 Å². The van der Waals surface area contributed by atoms with Crippen LogP contribution in [0.5, 0.6) is 0 Å². The summed E-state index contributed by atoms with van der Waals surface area (Å²) in [5.41, 5.74) is 2.83. The molecule has 130 valence electrons. The number of para-hydroxylation sites is 2. The van der Waals surface area contributed by atoms with Crippen LogP contribution in [0, 0.1) is 0 Å². The third-order valence-electron chi connectivity index (χ3n) is 4.06. The van der Waals surface area contributed by atoms with Gasteiger partial charge in [0.1, 0.15) is 5.82 Å². The lowest BCUT2D eigenvalue weighted by molar-refractivity contribution is -0.115. The van der Waals surface area contributed by atoms with Crippen LogP contribution in [0.2, 0.25) is 0 Å². The molecule has 3 aromatic rings. The van der Waals surface area contributed by atoms with Crippen molar-refractivity contribution in [2.75, 3.05) is 11.9 Å². The Balaban J connectivity index is 1.71. The van der Waals surface area contributed by atoms with Crippen molar-refractivity contribution in [3.63, 3.8) is 0 Å². The van der Waals surface area contributed by atoms with Gasteiger partial charge in [-0.1, -0.05) is 12.1 Å². The Morgan fingerprint density at radius 2 is 1.84 bits per heavy atom. The van der Waals surface area contributed by atoms with Gasteiger partial charge in [0.25, 0.3) is 0 Å². The van der Waals surface area contributed by atoms with Crippen molar-refractivity contribution in [2.24, 2.45) is 0 Å². The Morgan fingerprint density at radius 1 is 1.12 bits per heavy atom. The fourth-order valence-electron chi connectivity index (χ4n) is 2.89. The molecular formula is C19H23N5O. The summed E-state index contributed by atoms with van der Waals surface area (Å²) < 4.78 is 2.22. The summed E-state index contributed by atoms with van der Waals surface area (Å²) in [5.74, 6) is 0.846. The number of hydrogen-bond acceptors (Lipinski definition) is 4.